The minimum Gasteiger partial charge on any atom is -0.487 e. The molecule has 7 nitrogen and oxygen atoms in total. The molecule has 0 N–H and O–H groups in total. The number of carbonyl (C=O) groups is 2. The van der Waals surface area contributed by atoms with Gasteiger partial charge in [-0.05, 0) is 79.7 Å². The molecule has 0 aliphatic carbocycles. The molecule has 0 unspecified atom stereocenters. The van der Waals surface area contributed by atoms with Gasteiger partial charge in [0.25, 0.3) is 0 Å². The number of aromatic nitrogens is 2. The van der Waals surface area contributed by atoms with Crippen LogP contribution in [0.2, 0.25) is 0 Å². The van der Waals surface area contributed by atoms with E-state index >= 15 is 0 Å². The highest BCUT2D eigenvalue weighted by Gasteiger charge is 2.05. The molecule has 0 saturated heterocycles. The van der Waals surface area contributed by atoms with Gasteiger partial charge >= 0.3 is 0 Å². The van der Waals surface area contributed by atoms with Gasteiger partial charge in [-0.1, -0.05) is 48.5 Å². The summed E-state index contributed by atoms with van der Waals surface area (Å²) in [4.78, 5) is 34.2. The summed E-state index contributed by atoms with van der Waals surface area (Å²) in [5, 5.41) is 2.23. The summed E-state index contributed by atoms with van der Waals surface area (Å²) in [6.45, 7) is 2.35. The standard InChI is InChI=1S/C21H20N2O2.C18H15NO2/c1-23(2)14-13-21(24)17-8-11-19(12-9-17)25-15-18-10-7-16-5-3-4-6-20(16)22-18;1-13(20)14-7-10-17(11-8-14)21-12-16-9-6-15-4-2-3-5-18(15)19-16/h3-14H,15H2,1-2H3;2-11H,12H2,1H3. The van der Waals surface area contributed by atoms with Crippen molar-refractivity contribution in [2.45, 2.75) is 20.1 Å². The number of allylic oxidation sites excluding steroid dienone is 1. The van der Waals surface area contributed by atoms with E-state index in [9.17, 15) is 9.59 Å². The van der Waals surface area contributed by atoms with E-state index in [1.807, 2.05) is 91.8 Å². The van der Waals surface area contributed by atoms with Crippen molar-refractivity contribution in [1.29, 1.82) is 0 Å². The summed E-state index contributed by atoms with van der Waals surface area (Å²) < 4.78 is 11.5. The second-order valence-corrected chi connectivity index (χ2v) is 10.8. The maximum absolute atomic E-state index is 12.0. The van der Waals surface area contributed by atoms with E-state index in [0.29, 0.717) is 30.1 Å². The second-order valence-electron chi connectivity index (χ2n) is 10.8. The SMILES string of the molecule is CC(=O)c1ccc(OCc2ccc3ccccc3n2)cc1.CN(C)C=CC(=O)c1ccc(OCc2ccc3ccccc3n2)cc1. The molecule has 6 aromatic rings. The molecule has 0 aliphatic rings. The van der Waals surface area contributed by atoms with Gasteiger partial charge in [-0.2, -0.15) is 0 Å². The third kappa shape index (κ3) is 8.86. The molecular weight excluding hydrogens is 574 g/mol. The van der Waals surface area contributed by atoms with Crippen LogP contribution in [0, 0.1) is 0 Å². The van der Waals surface area contributed by atoms with Gasteiger partial charge in [0.1, 0.15) is 24.7 Å². The molecule has 2 heterocycles. The number of nitrogens with zero attached hydrogens (tertiary/aromatic N) is 3. The van der Waals surface area contributed by atoms with Gasteiger partial charge in [-0.15, -0.1) is 0 Å². The molecule has 0 radical (unpaired) electrons. The Morgan fingerprint density at radius 2 is 1.07 bits per heavy atom. The van der Waals surface area contributed by atoms with Crippen LogP contribution < -0.4 is 9.47 Å². The van der Waals surface area contributed by atoms with Crippen molar-refractivity contribution in [2.24, 2.45) is 0 Å². The first-order valence-corrected chi connectivity index (χ1v) is 14.9. The maximum Gasteiger partial charge on any atom is 0.187 e. The zero-order valence-corrected chi connectivity index (χ0v) is 26.1. The maximum atomic E-state index is 12.0. The molecular formula is C39H35N3O4. The van der Waals surface area contributed by atoms with Gasteiger partial charge in [-0.25, -0.2) is 9.97 Å². The summed E-state index contributed by atoms with van der Waals surface area (Å²) in [6.07, 6.45) is 3.28. The topological polar surface area (TPSA) is 81.6 Å². The fraction of sp³-hybridized carbons (Fsp3) is 0.128. The molecule has 0 saturated carbocycles. The first-order valence-electron chi connectivity index (χ1n) is 14.9. The fourth-order valence-electron chi connectivity index (χ4n) is 4.51. The average Bonchev–Trinajstić information content (AvgIpc) is 3.09. The molecule has 46 heavy (non-hydrogen) atoms. The Morgan fingerprint density at radius 1 is 0.609 bits per heavy atom. The van der Waals surface area contributed by atoms with E-state index in [2.05, 4.69) is 9.97 Å². The zero-order chi connectivity index (χ0) is 32.3. The van der Waals surface area contributed by atoms with Gasteiger partial charge in [0.05, 0.1) is 22.4 Å². The molecule has 2 aromatic heterocycles. The highest BCUT2D eigenvalue weighted by atomic mass is 16.5. The van der Waals surface area contributed by atoms with Crippen LogP contribution in [0.1, 0.15) is 39.0 Å². The predicted octanol–water partition coefficient (Wildman–Crippen LogP) is 8.09. The lowest BCUT2D eigenvalue weighted by molar-refractivity contribution is 0.101. The van der Waals surface area contributed by atoms with E-state index in [-0.39, 0.29) is 11.6 Å². The number of para-hydroxylation sites is 2. The van der Waals surface area contributed by atoms with Crippen LogP contribution in [0.5, 0.6) is 11.5 Å². The van der Waals surface area contributed by atoms with Crippen molar-refractivity contribution in [3.8, 4) is 11.5 Å². The van der Waals surface area contributed by atoms with Crippen LogP contribution in [0.4, 0.5) is 0 Å². The Kier molecular flexibility index (Phi) is 10.5. The highest BCUT2D eigenvalue weighted by molar-refractivity contribution is 6.04. The molecule has 230 valence electrons. The first-order chi connectivity index (χ1) is 22.3. The average molecular weight is 610 g/mol. The Morgan fingerprint density at radius 3 is 1.52 bits per heavy atom. The van der Waals surface area contributed by atoms with Crippen molar-refractivity contribution in [2.75, 3.05) is 14.1 Å². The largest absolute Gasteiger partial charge is 0.487 e. The van der Waals surface area contributed by atoms with Gasteiger partial charge in [0.15, 0.2) is 11.6 Å². The van der Waals surface area contributed by atoms with Crippen molar-refractivity contribution in [3.63, 3.8) is 0 Å². The number of ether oxygens (including phenoxy) is 2. The van der Waals surface area contributed by atoms with Crippen molar-refractivity contribution < 1.29 is 19.1 Å². The lowest BCUT2D eigenvalue weighted by atomic mass is 10.1. The predicted molar refractivity (Wildman–Crippen MR) is 182 cm³/mol. The number of pyridine rings is 2. The normalized spacial score (nSPS) is 10.8. The smallest absolute Gasteiger partial charge is 0.187 e. The van der Waals surface area contributed by atoms with E-state index in [1.165, 1.54) is 0 Å². The van der Waals surface area contributed by atoms with E-state index in [4.69, 9.17) is 9.47 Å². The van der Waals surface area contributed by atoms with E-state index in [0.717, 1.165) is 38.9 Å². The van der Waals surface area contributed by atoms with Crippen LogP contribution >= 0.6 is 0 Å². The molecule has 0 atom stereocenters. The number of rotatable bonds is 10. The summed E-state index contributed by atoms with van der Waals surface area (Å²) in [5.74, 6) is 1.47. The monoisotopic (exact) mass is 609 g/mol. The van der Waals surface area contributed by atoms with Crippen LogP contribution in [0.25, 0.3) is 21.8 Å². The lowest BCUT2D eigenvalue weighted by Gasteiger charge is -2.07. The molecule has 7 heteroatoms. The molecule has 6 rings (SSSR count). The van der Waals surface area contributed by atoms with E-state index < -0.39 is 0 Å². The number of hydrogen-bond donors (Lipinski definition) is 0. The molecule has 4 aromatic carbocycles. The van der Waals surface area contributed by atoms with Gasteiger partial charge in [-0.3, -0.25) is 9.59 Å². The summed E-state index contributed by atoms with van der Waals surface area (Å²) >= 11 is 0. The lowest BCUT2D eigenvalue weighted by Crippen LogP contribution is -2.03. The molecule has 0 spiro atoms. The fourth-order valence-corrected chi connectivity index (χ4v) is 4.51. The third-order valence-electron chi connectivity index (χ3n) is 7.01. The van der Waals surface area contributed by atoms with Crippen LogP contribution in [0.15, 0.2) is 134 Å². The van der Waals surface area contributed by atoms with Gasteiger partial charge < -0.3 is 14.4 Å². The van der Waals surface area contributed by atoms with Gasteiger partial charge in [0.2, 0.25) is 0 Å². The quantitative estimate of drug-likeness (QED) is 0.115. The molecule has 0 amide bonds. The number of fused-ring (bicyclic) bond motifs is 2. The summed E-state index contributed by atoms with van der Waals surface area (Å²) in [5.41, 5.74) is 4.99. The number of hydrogen-bond acceptors (Lipinski definition) is 7. The Hall–Kier alpha value is -5.82. The van der Waals surface area contributed by atoms with Crippen LogP contribution in [0.3, 0.4) is 0 Å². The second kappa shape index (κ2) is 15.3. The number of benzene rings is 4. The molecule has 0 aliphatic heterocycles. The van der Waals surface area contributed by atoms with Crippen molar-refractivity contribution in [3.05, 3.63) is 156 Å². The number of carbonyl (C=O) groups excluding carboxylic acids is 2. The summed E-state index contributed by atoms with van der Waals surface area (Å²) in [7, 11) is 3.75. The number of ketones is 2. The Labute approximate surface area is 268 Å². The first kappa shape index (κ1) is 31.6. The zero-order valence-electron chi connectivity index (χ0n) is 26.1. The van der Waals surface area contributed by atoms with E-state index in [1.54, 1.807) is 67.7 Å². The minimum atomic E-state index is -0.0311. The molecule has 0 fully saturated rings. The Bertz CT molecular complexity index is 1970. The van der Waals surface area contributed by atoms with Crippen LogP contribution in [-0.4, -0.2) is 40.5 Å². The van der Waals surface area contributed by atoms with Crippen LogP contribution in [-0.2, 0) is 13.2 Å². The van der Waals surface area contributed by atoms with Crippen molar-refractivity contribution in [1.82, 2.24) is 14.9 Å². The number of Topliss-reactive ketones (excluding diaryl/α,β-unsaturated/α-hetero) is 1. The van der Waals surface area contributed by atoms with Gasteiger partial charge in [0, 0.05) is 48.3 Å². The summed E-state index contributed by atoms with van der Waals surface area (Å²) in [6, 6.07) is 38.3. The minimum absolute atomic E-state index is 0.0311. The highest BCUT2D eigenvalue weighted by Crippen LogP contribution is 2.18. The third-order valence-corrected chi connectivity index (χ3v) is 7.01. The Balaban J connectivity index is 0.000000184. The molecule has 0 bridgehead atoms. The van der Waals surface area contributed by atoms with Crippen molar-refractivity contribution >= 4 is 33.4 Å².